The third kappa shape index (κ3) is 3.22. The molecule has 0 aromatic heterocycles. The summed E-state index contributed by atoms with van der Waals surface area (Å²) in [5.41, 5.74) is 1.45. The Hall–Kier alpha value is -1.58. The van der Waals surface area contributed by atoms with Crippen LogP contribution in [0.5, 0.6) is 0 Å². The zero-order valence-corrected chi connectivity index (χ0v) is 11.0. The molecule has 1 amide bonds. The maximum absolute atomic E-state index is 13.1. The predicted molar refractivity (Wildman–Crippen MR) is 71.1 cm³/mol. The van der Waals surface area contributed by atoms with Crippen LogP contribution in [0.3, 0.4) is 0 Å². The average Bonchev–Trinajstić information content (AvgIpc) is 2.32. The number of halogens is 1. The van der Waals surface area contributed by atoms with Crippen molar-refractivity contribution in [2.24, 2.45) is 5.41 Å². The van der Waals surface area contributed by atoms with E-state index in [0.29, 0.717) is 12.1 Å². The highest BCUT2D eigenvalue weighted by Gasteiger charge is 2.25. The van der Waals surface area contributed by atoms with Gasteiger partial charge in [-0.05, 0) is 30.0 Å². The largest absolute Gasteiger partial charge is 0.380 e. The Bertz CT molecular complexity index is 465. The van der Waals surface area contributed by atoms with Crippen LogP contribution in [0.25, 0.3) is 0 Å². The first-order valence-electron chi connectivity index (χ1n) is 6.19. The topological polar surface area (TPSA) is 41.1 Å². The van der Waals surface area contributed by atoms with Gasteiger partial charge in [0.1, 0.15) is 5.82 Å². The second kappa shape index (κ2) is 4.59. The van der Waals surface area contributed by atoms with E-state index in [-0.39, 0.29) is 23.2 Å². The van der Waals surface area contributed by atoms with Crippen molar-refractivity contribution in [1.82, 2.24) is 0 Å². The van der Waals surface area contributed by atoms with E-state index in [1.54, 1.807) is 6.07 Å². The fourth-order valence-corrected chi connectivity index (χ4v) is 2.30. The highest BCUT2D eigenvalue weighted by atomic mass is 19.1. The lowest BCUT2D eigenvalue weighted by molar-refractivity contribution is -0.116. The van der Waals surface area contributed by atoms with E-state index in [9.17, 15) is 9.18 Å². The molecule has 1 aromatic rings. The van der Waals surface area contributed by atoms with Crippen LogP contribution in [-0.4, -0.2) is 11.9 Å². The molecule has 0 bridgehead atoms. The second-order valence-electron chi connectivity index (χ2n) is 6.05. The molecule has 1 aliphatic rings. The Morgan fingerprint density at radius 3 is 2.72 bits per heavy atom. The lowest BCUT2D eigenvalue weighted by atomic mass is 9.87. The van der Waals surface area contributed by atoms with E-state index in [2.05, 4.69) is 31.4 Å². The summed E-state index contributed by atoms with van der Waals surface area (Å²) in [5.74, 6) is -0.411. The van der Waals surface area contributed by atoms with Crippen molar-refractivity contribution < 1.29 is 9.18 Å². The number of fused-ring (bicyclic) bond motifs is 1. The Morgan fingerprint density at radius 2 is 2.06 bits per heavy atom. The van der Waals surface area contributed by atoms with Gasteiger partial charge in [0.15, 0.2) is 0 Å². The van der Waals surface area contributed by atoms with E-state index >= 15 is 0 Å². The SMILES string of the molecule is CC(C)(C)CC1CC(=O)Nc2cc(F)ccc2N1. The number of carbonyl (C=O) groups excluding carboxylic acids is 1. The number of rotatable bonds is 1. The highest BCUT2D eigenvalue weighted by molar-refractivity contribution is 5.96. The van der Waals surface area contributed by atoms with Crippen LogP contribution < -0.4 is 10.6 Å². The van der Waals surface area contributed by atoms with Crippen LogP contribution in [0.1, 0.15) is 33.6 Å². The molecule has 0 saturated carbocycles. The van der Waals surface area contributed by atoms with Gasteiger partial charge in [-0.1, -0.05) is 20.8 Å². The fourth-order valence-electron chi connectivity index (χ4n) is 2.30. The van der Waals surface area contributed by atoms with Gasteiger partial charge in [0, 0.05) is 12.5 Å². The summed E-state index contributed by atoms with van der Waals surface area (Å²) in [5, 5.41) is 6.06. The Morgan fingerprint density at radius 1 is 1.33 bits per heavy atom. The van der Waals surface area contributed by atoms with Crippen molar-refractivity contribution in [3.63, 3.8) is 0 Å². The molecule has 1 atom stereocenters. The van der Waals surface area contributed by atoms with Crippen molar-refractivity contribution in [2.75, 3.05) is 10.6 Å². The van der Waals surface area contributed by atoms with E-state index in [1.165, 1.54) is 12.1 Å². The maximum Gasteiger partial charge on any atom is 0.226 e. The molecule has 1 aromatic carbocycles. The summed E-state index contributed by atoms with van der Waals surface area (Å²) in [6.45, 7) is 6.43. The fraction of sp³-hybridized carbons (Fsp3) is 0.500. The minimum Gasteiger partial charge on any atom is -0.380 e. The van der Waals surface area contributed by atoms with E-state index < -0.39 is 0 Å². The minimum atomic E-state index is -0.342. The molecule has 0 radical (unpaired) electrons. The second-order valence-corrected chi connectivity index (χ2v) is 6.05. The number of anilines is 2. The van der Waals surface area contributed by atoms with Gasteiger partial charge in [-0.2, -0.15) is 0 Å². The molecule has 98 valence electrons. The first-order chi connectivity index (χ1) is 8.33. The Kier molecular flexibility index (Phi) is 3.28. The van der Waals surface area contributed by atoms with Crippen molar-refractivity contribution in [3.05, 3.63) is 24.0 Å². The van der Waals surface area contributed by atoms with Crippen LogP contribution in [0.15, 0.2) is 18.2 Å². The number of nitrogens with one attached hydrogen (secondary N) is 2. The molecule has 0 saturated heterocycles. The molecular weight excluding hydrogens is 231 g/mol. The third-order valence-electron chi connectivity index (χ3n) is 2.91. The number of hydrogen-bond acceptors (Lipinski definition) is 2. The quantitative estimate of drug-likeness (QED) is 0.802. The first kappa shape index (κ1) is 12.9. The lowest BCUT2D eigenvalue weighted by Crippen LogP contribution is -2.27. The zero-order valence-electron chi connectivity index (χ0n) is 11.0. The molecule has 1 aliphatic heterocycles. The average molecular weight is 250 g/mol. The predicted octanol–water partition coefficient (Wildman–Crippen LogP) is 3.38. The maximum atomic E-state index is 13.1. The summed E-state index contributed by atoms with van der Waals surface area (Å²) in [7, 11) is 0. The lowest BCUT2D eigenvalue weighted by Gasteiger charge is -2.25. The molecule has 0 fully saturated rings. The van der Waals surface area contributed by atoms with Crippen LogP contribution >= 0.6 is 0 Å². The van der Waals surface area contributed by atoms with Crippen molar-refractivity contribution in [1.29, 1.82) is 0 Å². The summed E-state index contributed by atoms with van der Waals surface area (Å²) in [4.78, 5) is 11.8. The van der Waals surface area contributed by atoms with Crippen LogP contribution in [-0.2, 0) is 4.79 Å². The standard InChI is InChI=1S/C14H19FN2O/c1-14(2,3)8-10-7-13(18)17-12-6-9(15)4-5-11(12)16-10/h4-6,10,16H,7-8H2,1-3H3,(H,17,18). The van der Waals surface area contributed by atoms with Gasteiger partial charge >= 0.3 is 0 Å². The van der Waals surface area contributed by atoms with Crippen LogP contribution in [0, 0.1) is 11.2 Å². The number of hydrogen-bond donors (Lipinski definition) is 2. The zero-order chi connectivity index (χ0) is 13.3. The number of benzene rings is 1. The highest BCUT2D eigenvalue weighted by Crippen LogP contribution is 2.31. The van der Waals surface area contributed by atoms with E-state index in [0.717, 1.165) is 12.1 Å². The number of amides is 1. The van der Waals surface area contributed by atoms with Crippen molar-refractivity contribution in [3.8, 4) is 0 Å². The van der Waals surface area contributed by atoms with Crippen molar-refractivity contribution >= 4 is 17.3 Å². The molecule has 0 aliphatic carbocycles. The molecule has 4 heteroatoms. The van der Waals surface area contributed by atoms with E-state index in [4.69, 9.17) is 0 Å². The molecule has 1 heterocycles. The molecule has 18 heavy (non-hydrogen) atoms. The van der Waals surface area contributed by atoms with E-state index in [1.807, 2.05) is 0 Å². The summed E-state index contributed by atoms with van der Waals surface area (Å²) in [6.07, 6.45) is 1.30. The third-order valence-corrected chi connectivity index (χ3v) is 2.91. The summed E-state index contributed by atoms with van der Waals surface area (Å²) in [6, 6.07) is 4.50. The molecular formula is C14H19FN2O. The summed E-state index contributed by atoms with van der Waals surface area (Å²) >= 11 is 0. The van der Waals surface area contributed by atoms with Gasteiger partial charge in [0.2, 0.25) is 5.91 Å². The van der Waals surface area contributed by atoms with Crippen LogP contribution in [0.4, 0.5) is 15.8 Å². The molecule has 2 rings (SSSR count). The van der Waals surface area contributed by atoms with Gasteiger partial charge in [0.05, 0.1) is 11.4 Å². The molecule has 0 spiro atoms. The molecule has 1 unspecified atom stereocenters. The number of carbonyl (C=O) groups is 1. The minimum absolute atomic E-state index is 0.0684. The van der Waals surface area contributed by atoms with Gasteiger partial charge in [-0.25, -0.2) is 4.39 Å². The van der Waals surface area contributed by atoms with Gasteiger partial charge in [-0.15, -0.1) is 0 Å². The summed E-state index contributed by atoms with van der Waals surface area (Å²) < 4.78 is 13.1. The van der Waals surface area contributed by atoms with Gasteiger partial charge < -0.3 is 10.6 Å². The van der Waals surface area contributed by atoms with Gasteiger partial charge in [-0.3, -0.25) is 4.79 Å². The molecule has 2 N–H and O–H groups in total. The molecule has 3 nitrogen and oxygen atoms in total. The first-order valence-corrected chi connectivity index (χ1v) is 6.19. The monoisotopic (exact) mass is 250 g/mol. The van der Waals surface area contributed by atoms with Gasteiger partial charge in [0.25, 0.3) is 0 Å². The Balaban J connectivity index is 2.24. The normalized spacial score (nSPS) is 19.6. The van der Waals surface area contributed by atoms with Crippen molar-refractivity contribution in [2.45, 2.75) is 39.7 Å². The van der Waals surface area contributed by atoms with Crippen LogP contribution in [0.2, 0.25) is 0 Å². The smallest absolute Gasteiger partial charge is 0.226 e. The Labute approximate surface area is 107 Å².